The molecule has 0 aliphatic rings. The van der Waals surface area contributed by atoms with E-state index in [0.717, 1.165) is 6.54 Å². The first-order chi connectivity index (χ1) is 7.69. The third-order valence-electron chi connectivity index (χ3n) is 2.28. The molecule has 0 aliphatic heterocycles. The summed E-state index contributed by atoms with van der Waals surface area (Å²) in [5, 5.41) is 2.99. The highest BCUT2D eigenvalue weighted by Crippen LogP contribution is 2.00. The van der Waals surface area contributed by atoms with Gasteiger partial charge < -0.3 is 20.5 Å². The van der Waals surface area contributed by atoms with Gasteiger partial charge in [0.1, 0.15) is 5.69 Å². The lowest BCUT2D eigenvalue weighted by Crippen LogP contribution is -2.32. The predicted octanol–water partition coefficient (Wildman–Crippen LogP) is -0.867. The molecule has 3 N–H and O–H groups in total. The number of amides is 1. The second-order valence-corrected chi connectivity index (χ2v) is 3.62. The fourth-order valence-corrected chi connectivity index (χ4v) is 1.32. The molecule has 6 heteroatoms. The maximum Gasteiger partial charge on any atom is 0.273 e. The van der Waals surface area contributed by atoms with E-state index in [-0.39, 0.29) is 5.91 Å². The maximum atomic E-state index is 11.9. The lowest BCUT2D eigenvalue weighted by molar-refractivity contribution is 0.0791. The number of carbonyl (C=O) groups excluding carboxylic acids is 1. The number of rotatable bonds is 6. The maximum absolute atomic E-state index is 11.9. The minimum absolute atomic E-state index is 0.0639. The molecule has 1 aromatic heterocycles. The van der Waals surface area contributed by atoms with Crippen LogP contribution in [0.25, 0.3) is 0 Å². The average molecular weight is 225 g/mol. The van der Waals surface area contributed by atoms with Crippen LogP contribution in [0.1, 0.15) is 10.5 Å². The summed E-state index contributed by atoms with van der Waals surface area (Å²) in [6.07, 6.45) is 3.36. The van der Waals surface area contributed by atoms with Gasteiger partial charge in [-0.3, -0.25) is 4.79 Å². The van der Waals surface area contributed by atoms with Gasteiger partial charge in [0.05, 0.1) is 6.33 Å². The second kappa shape index (κ2) is 6.24. The van der Waals surface area contributed by atoms with Crippen molar-refractivity contribution in [3.63, 3.8) is 0 Å². The van der Waals surface area contributed by atoms with Gasteiger partial charge in [-0.2, -0.15) is 0 Å². The molecule has 1 rings (SSSR count). The molecule has 1 heterocycles. The van der Waals surface area contributed by atoms with Crippen LogP contribution in [0.5, 0.6) is 0 Å². The topological polar surface area (TPSA) is 76.2 Å². The van der Waals surface area contributed by atoms with E-state index in [4.69, 9.17) is 5.73 Å². The molecule has 6 nitrogen and oxygen atoms in total. The number of imidazole rings is 1. The number of hydrogen-bond donors (Lipinski definition) is 2. The van der Waals surface area contributed by atoms with Crippen molar-refractivity contribution >= 4 is 5.91 Å². The molecule has 0 aromatic carbocycles. The smallest absolute Gasteiger partial charge is 0.273 e. The lowest BCUT2D eigenvalue weighted by Gasteiger charge is -2.15. The van der Waals surface area contributed by atoms with Crippen LogP contribution in [0, 0.1) is 0 Å². The zero-order valence-electron chi connectivity index (χ0n) is 9.81. The molecule has 0 unspecified atom stereocenters. The standard InChI is InChI=1S/C10H19N5O/c1-12-4-6-14(2)10(16)9-7-15(5-3-11)8-13-9/h7-8,12H,3-6,11H2,1-2H3. The van der Waals surface area contributed by atoms with Gasteiger partial charge in [-0.15, -0.1) is 0 Å². The van der Waals surface area contributed by atoms with Crippen molar-refractivity contribution in [2.45, 2.75) is 6.54 Å². The molecule has 0 saturated carbocycles. The molecule has 0 atom stereocenters. The number of likely N-dealkylation sites (N-methyl/N-ethyl adjacent to an activating group) is 2. The van der Waals surface area contributed by atoms with Crippen LogP contribution in [0.3, 0.4) is 0 Å². The first-order valence-electron chi connectivity index (χ1n) is 5.31. The Kier molecular flexibility index (Phi) is 4.94. The number of carbonyl (C=O) groups is 1. The van der Waals surface area contributed by atoms with Crippen molar-refractivity contribution in [1.29, 1.82) is 0 Å². The third kappa shape index (κ3) is 3.32. The molecule has 16 heavy (non-hydrogen) atoms. The SMILES string of the molecule is CNCCN(C)C(=O)c1cn(CCN)cn1. The Bertz CT molecular complexity index is 336. The molecule has 0 radical (unpaired) electrons. The Balaban J connectivity index is 2.57. The van der Waals surface area contributed by atoms with Crippen LogP contribution in [-0.2, 0) is 6.54 Å². The summed E-state index contributed by atoms with van der Waals surface area (Å²) in [4.78, 5) is 17.6. The molecular weight excluding hydrogens is 206 g/mol. The highest BCUT2D eigenvalue weighted by molar-refractivity contribution is 5.91. The highest BCUT2D eigenvalue weighted by atomic mass is 16.2. The summed E-state index contributed by atoms with van der Waals surface area (Å²) >= 11 is 0. The van der Waals surface area contributed by atoms with Crippen molar-refractivity contribution < 1.29 is 4.79 Å². The summed E-state index contributed by atoms with van der Waals surface area (Å²) < 4.78 is 1.82. The van der Waals surface area contributed by atoms with Gasteiger partial charge in [-0.1, -0.05) is 0 Å². The largest absolute Gasteiger partial charge is 0.339 e. The Morgan fingerprint density at radius 2 is 2.44 bits per heavy atom. The molecule has 0 spiro atoms. The van der Waals surface area contributed by atoms with E-state index in [9.17, 15) is 4.79 Å². The molecule has 1 aromatic rings. The van der Waals surface area contributed by atoms with Gasteiger partial charge in [-0.25, -0.2) is 4.98 Å². The number of nitrogens with zero attached hydrogens (tertiary/aromatic N) is 3. The minimum Gasteiger partial charge on any atom is -0.339 e. The first-order valence-corrected chi connectivity index (χ1v) is 5.31. The summed E-state index contributed by atoms with van der Waals surface area (Å²) in [6.45, 7) is 2.66. The van der Waals surface area contributed by atoms with Crippen molar-refractivity contribution in [2.75, 3.05) is 33.7 Å². The van der Waals surface area contributed by atoms with E-state index >= 15 is 0 Å². The van der Waals surface area contributed by atoms with E-state index in [0.29, 0.717) is 25.3 Å². The summed E-state index contributed by atoms with van der Waals surface area (Å²) in [6, 6.07) is 0. The molecule has 0 fully saturated rings. The van der Waals surface area contributed by atoms with Gasteiger partial charge in [0.2, 0.25) is 0 Å². The molecule has 0 saturated heterocycles. The highest BCUT2D eigenvalue weighted by Gasteiger charge is 2.13. The molecule has 0 bridgehead atoms. The predicted molar refractivity (Wildman–Crippen MR) is 62.2 cm³/mol. The zero-order chi connectivity index (χ0) is 12.0. The normalized spacial score (nSPS) is 10.4. The Hall–Kier alpha value is -1.40. The van der Waals surface area contributed by atoms with Gasteiger partial charge in [0.25, 0.3) is 5.91 Å². The van der Waals surface area contributed by atoms with Crippen LogP contribution in [0.4, 0.5) is 0 Å². The van der Waals surface area contributed by atoms with Gasteiger partial charge in [0, 0.05) is 39.4 Å². The Morgan fingerprint density at radius 1 is 1.69 bits per heavy atom. The van der Waals surface area contributed by atoms with Gasteiger partial charge in [0.15, 0.2) is 0 Å². The van der Waals surface area contributed by atoms with Crippen molar-refractivity contribution in [3.05, 3.63) is 18.2 Å². The third-order valence-corrected chi connectivity index (χ3v) is 2.28. The fraction of sp³-hybridized carbons (Fsp3) is 0.600. The van der Waals surface area contributed by atoms with Crippen LogP contribution in [0.15, 0.2) is 12.5 Å². The summed E-state index contributed by atoms with van der Waals surface area (Å²) in [7, 11) is 3.62. The van der Waals surface area contributed by atoms with Gasteiger partial charge in [-0.05, 0) is 7.05 Å². The van der Waals surface area contributed by atoms with Crippen LogP contribution >= 0.6 is 0 Å². The number of aromatic nitrogens is 2. The van der Waals surface area contributed by atoms with E-state index in [1.165, 1.54) is 0 Å². The van der Waals surface area contributed by atoms with E-state index in [1.807, 2.05) is 11.6 Å². The van der Waals surface area contributed by atoms with E-state index in [2.05, 4.69) is 10.3 Å². The monoisotopic (exact) mass is 225 g/mol. The second-order valence-electron chi connectivity index (χ2n) is 3.62. The van der Waals surface area contributed by atoms with Crippen molar-refractivity contribution in [2.24, 2.45) is 5.73 Å². The molecule has 1 amide bonds. The fourth-order valence-electron chi connectivity index (χ4n) is 1.32. The van der Waals surface area contributed by atoms with Gasteiger partial charge >= 0.3 is 0 Å². The average Bonchev–Trinajstić information content (AvgIpc) is 2.74. The molecule has 0 aliphatic carbocycles. The van der Waals surface area contributed by atoms with Crippen molar-refractivity contribution in [1.82, 2.24) is 19.8 Å². The van der Waals surface area contributed by atoms with E-state index < -0.39 is 0 Å². The van der Waals surface area contributed by atoms with Crippen LogP contribution in [0.2, 0.25) is 0 Å². The number of nitrogens with two attached hydrogens (primary N) is 1. The quantitative estimate of drug-likeness (QED) is 0.660. The Morgan fingerprint density at radius 3 is 3.06 bits per heavy atom. The lowest BCUT2D eigenvalue weighted by atomic mass is 10.4. The van der Waals surface area contributed by atoms with Crippen LogP contribution < -0.4 is 11.1 Å². The molecule has 90 valence electrons. The van der Waals surface area contributed by atoms with Crippen LogP contribution in [-0.4, -0.2) is 54.1 Å². The summed E-state index contributed by atoms with van der Waals surface area (Å²) in [5.74, 6) is -0.0639. The molecular formula is C10H19N5O. The Labute approximate surface area is 95.4 Å². The zero-order valence-corrected chi connectivity index (χ0v) is 9.81. The van der Waals surface area contributed by atoms with E-state index in [1.54, 1.807) is 24.5 Å². The number of nitrogens with one attached hydrogen (secondary N) is 1. The first kappa shape index (κ1) is 12.7. The summed E-state index contributed by atoms with van der Waals surface area (Å²) in [5.41, 5.74) is 5.88. The van der Waals surface area contributed by atoms with Crippen molar-refractivity contribution in [3.8, 4) is 0 Å². The minimum atomic E-state index is -0.0639. The number of hydrogen-bond acceptors (Lipinski definition) is 4.